The van der Waals surface area contributed by atoms with Gasteiger partial charge in [-0.05, 0) is 50.2 Å². The molecule has 0 saturated carbocycles. The van der Waals surface area contributed by atoms with Gasteiger partial charge in [0.05, 0.1) is 22.6 Å². The molecule has 0 aliphatic carbocycles. The van der Waals surface area contributed by atoms with Crippen LogP contribution < -0.4 is 4.57 Å². The molecule has 4 aromatic carbocycles. The van der Waals surface area contributed by atoms with Crippen molar-refractivity contribution in [2.45, 2.75) is 19.9 Å². The van der Waals surface area contributed by atoms with Crippen molar-refractivity contribution >= 4 is 49.1 Å². The van der Waals surface area contributed by atoms with E-state index in [-0.39, 0.29) is 0 Å². The predicted octanol–water partition coefficient (Wildman–Crippen LogP) is 6.65. The van der Waals surface area contributed by atoms with Gasteiger partial charge < -0.3 is 4.40 Å². The summed E-state index contributed by atoms with van der Waals surface area (Å²) in [5, 5.41) is 5.27. The van der Waals surface area contributed by atoms with Crippen LogP contribution in [0.25, 0.3) is 54.8 Å². The minimum absolute atomic E-state index is 0.404. The maximum atomic E-state index is 2.43. The highest BCUT2D eigenvalue weighted by Crippen LogP contribution is 2.39. The van der Waals surface area contributed by atoms with Crippen LogP contribution in [0.4, 0.5) is 0 Å². The van der Waals surface area contributed by atoms with Crippen molar-refractivity contribution in [3.63, 3.8) is 0 Å². The van der Waals surface area contributed by atoms with Crippen LogP contribution in [-0.4, -0.2) is 8.97 Å². The van der Waals surface area contributed by atoms with Gasteiger partial charge in [-0.2, -0.15) is 4.57 Å². The number of nitrogens with zero attached hydrogens (tertiary/aromatic N) is 3. The van der Waals surface area contributed by atoms with Crippen molar-refractivity contribution < 1.29 is 4.57 Å². The summed E-state index contributed by atoms with van der Waals surface area (Å²) in [7, 11) is 0. The van der Waals surface area contributed by atoms with Crippen LogP contribution in [0.2, 0.25) is 0 Å². The molecular formula is C28H22N3+. The minimum Gasteiger partial charge on any atom is -0.308 e. The van der Waals surface area contributed by atoms with E-state index in [1.165, 1.54) is 54.8 Å². The van der Waals surface area contributed by atoms with E-state index in [2.05, 4.69) is 119 Å². The highest BCUT2D eigenvalue weighted by atomic mass is 15.1. The smallest absolute Gasteiger partial charge is 0.250 e. The van der Waals surface area contributed by atoms with Crippen LogP contribution in [0, 0.1) is 0 Å². The van der Waals surface area contributed by atoms with Crippen molar-refractivity contribution in [1.82, 2.24) is 8.97 Å². The molecule has 0 aliphatic heterocycles. The maximum absolute atomic E-state index is 2.43. The van der Waals surface area contributed by atoms with Crippen LogP contribution in [0.1, 0.15) is 19.9 Å². The molecule has 3 heteroatoms. The van der Waals surface area contributed by atoms with Crippen LogP contribution in [-0.2, 0) is 0 Å². The second kappa shape index (κ2) is 5.86. The van der Waals surface area contributed by atoms with Gasteiger partial charge in [-0.3, -0.25) is 0 Å². The standard InChI is InChI=1S/C28H22N3/c1-18(2)29-17-30(27-13-6-5-12-26(27)29)19-14-15-25-23(16-19)22-10-7-9-21-20-8-3-4-11-24(20)31(25)28(21)22/h3-18H,1-2H3/q+1. The quantitative estimate of drug-likeness (QED) is 0.288. The number of hydrogen-bond donors (Lipinski definition) is 0. The van der Waals surface area contributed by atoms with Gasteiger partial charge in [-0.1, -0.05) is 48.5 Å². The first-order chi connectivity index (χ1) is 15.2. The topological polar surface area (TPSA) is 13.2 Å². The summed E-state index contributed by atoms with van der Waals surface area (Å²) in [6, 6.07) is 31.4. The van der Waals surface area contributed by atoms with Crippen LogP contribution in [0.3, 0.4) is 0 Å². The molecule has 0 amide bonds. The summed E-state index contributed by atoms with van der Waals surface area (Å²) < 4.78 is 7.10. The summed E-state index contributed by atoms with van der Waals surface area (Å²) in [6.45, 7) is 4.47. The summed E-state index contributed by atoms with van der Waals surface area (Å²) in [5.41, 5.74) is 7.56. The van der Waals surface area contributed by atoms with Gasteiger partial charge >= 0.3 is 0 Å². The fourth-order valence-corrected chi connectivity index (χ4v) is 5.32. The lowest BCUT2D eigenvalue weighted by atomic mass is 10.1. The third kappa shape index (κ3) is 2.10. The normalized spacial score (nSPS) is 12.5. The molecule has 7 aromatic rings. The third-order valence-electron chi connectivity index (χ3n) is 6.70. The Morgan fingerprint density at radius 1 is 0.645 bits per heavy atom. The fraction of sp³-hybridized carbons (Fsp3) is 0.107. The summed E-state index contributed by atoms with van der Waals surface area (Å²) >= 11 is 0. The number of aromatic nitrogens is 3. The molecule has 0 bridgehead atoms. The number of fused-ring (bicyclic) bond motifs is 7. The highest BCUT2D eigenvalue weighted by molar-refractivity contribution is 6.23. The zero-order chi connectivity index (χ0) is 20.7. The van der Waals surface area contributed by atoms with Gasteiger partial charge in [0.1, 0.15) is 5.69 Å². The Morgan fingerprint density at radius 3 is 2.16 bits per heavy atom. The molecule has 0 N–H and O–H groups in total. The number of rotatable bonds is 2. The van der Waals surface area contributed by atoms with Crippen LogP contribution >= 0.6 is 0 Å². The maximum Gasteiger partial charge on any atom is 0.250 e. The summed E-state index contributed by atoms with van der Waals surface area (Å²) in [6.07, 6.45) is 2.24. The second-order valence-corrected chi connectivity index (χ2v) is 8.73. The van der Waals surface area contributed by atoms with Gasteiger partial charge in [0.2, 0.25) is 6.33 Å². The lowest BCUT2D eigenvalue weighted by Crippen LogP contribution is -2.34. The molecule has 3 nitrogen and oxygen atoms in total. The predicted molar refractivity (Wildman–Crippen MR) is 129 cm³/mol. The van der Waals surface area contributed by atoms with E-state index >= 15 is 0 Å². The van der Waals surface area contributed by atoms with Gasteiger partial charge in [0.15, 0.2) is 11.0 Å². The molecule has 31 heavy (non-hydrogen) atoms. The van der Waals surface area contributed by atoms with Gasteiger partial charge in [-0.25, -0.2) is 4.57 Å². The lowest BCUT2D eigenvalue weighted by Gasteiger charge is -2.01. The van der Waals surface area contributed by atoms with Crippen molar-refractivity contribution in [3.8, 4) is 5.69 Å². The van der Waals surface area contributed by atoms with E-state index in [0.717, 1.165) is 0 Å². The van der Waals surface area contributed by atoms with Gasteiger partial charge in [-0.15, -0.1) is 0 Å². The summed E-state index contributed by atoms with van der Waals surface area (Å²) in [5.74, 6) is 0. The Kier molecular flexibility index (Phi) is 3.19. The van der Waals surface area contributed by atoms with E-state index in [1.54, 1.807) is 0 Å². The van der Waals surface area contributed by atoms with Crippen LogP contribution in [0.5, 0.6) is 0 Å². The molecule has 0 saturated heterocycles. The molecule has 7 rings (SSSR count). The Labute approximate surface area is 179 Å². The average molecular weight is 401 g/mol. The van der Waals surface area contributed by atoms with Crippen LogP contribution in [0.15, 0.2) is 91.3 Å². The molecule has 3 heterocycles. The highest BCUT2D eigenvalue weighted by Gasteiger charge is 2.21. The van der Waals surface area contributed by atoms with E-state index in [1.807, 2.05) is 0 Å². The van der Waals surface area contributed by atoms with E-state index < -0.39 is 0 Å². The number of hydrogen-bond acceptors (Lipinski definition) is 0. The largest absolute Gasteiger partial charge is 0.308 e. The van der Waals surface area contributed by atoms with Crippen molar-refractivity contribution in [1.29, 1.82) is 0 Å². The summed E-state index contributed by atoms with van der Waals surface area (Å²) in [4.78, 5) is 0. The van der Waals surface area contributed by atoms with E-state index in [4.69, 9.17) is 0 Å². The lowest BCUT2D eigenvalue weighted by molar-refractivity contribution is -0.691. The van der Waals surface area contributed by atoms with E-state index in [9.17, 15) is 0 Å². The second-order valence-electron chi connectivity index (χ2n) is 8.73. The van der Waals surface area contributed by atoms with Gasteiger partial charge in [0.25, 0.3) is 0 Å². The first-order valence-electron chi connectivity index (χ1n) is 10.9. The third-order valence-corrected chi connectivity index (χ3v) is 6.70. The molecule has 0 aliphatic rings. The zero-order valence-electron chi connectivity index (χ0n) is 17.6. The Hall–Kier alpha value is -3.85. The van der Waals surface area contributed by atoms with Gasteiger partial charge in [0, 0.05) is 21.5 Å². The SMILES string of the molecule is CC(C)[n+]1cn(-c2ccc3c(c2)c2cccc4c5ccccc5n3c42)c2ccccc21. The molecule has 0 spiro atoms. The monoisotopic (exact) mass is 400 g/mol. The molecule has 0 atom stereocenters. The fourth-order valence-electron chi connectivity index (χ4n) is 5.32. The molecule has 148 valence electrons. The Balaban J connectivity index is 1.59. The minimum atomic E-state index is 0.404. The van der Waals surface area contributed by atoms with E-state index in [0.29, 0.717) is 6.04 Å². The molecular weight excluding hydrogens is 378 g/mol. The first kappa shape index (κ1) is 16.9. The molecule has 3 aromatic heterocycles. The molecule has 0 fully saturated rings. The van der Waals surface area contributed by atoms with Crippen molar-refractivity contribution in [2.24, 2.45) is 0 Å². The molecule has 0 radical (unpaired) electrons. The average Bonchev–Trinajstić information content (AvgIpc) is 3.46. The number of imidazole rings is 1. The van der Waals surface area contributed by atoms with Crippen molar-refractivity contribution in [3.05, 3.63) is 91.3 Å². The van der Waals surface area contributed by atoms with Crippen molar-refractivity contribution in [2.75, 3.05) is 0 Å². The first-order valence-corrected chi connectivity index (χ1v) is 10.9. The zero-order valence-corrected chi connectivity index (χ0v) is 17.6. The molecule has 0 unspecified atom stereocenters. The Bertz CT molecular complexity index is 1760. The number of benzene rings is 4. The Morgan fingerprint density at radius 2 is 1.32 bits per heavy atom. The number of para-hydroxylation sites is 4.